The number of sulfonamides is 1. The van der Waals surface area contributed by atoms with Crippen LogP contribution in [0.5, 0.6) is 11.5 Å². The summed E-state index contributed by atoms with van der Waals surface area (Å²) in [5, 5.41) is 3.03. The molecule has 2 N–H and O–H groups in total. The number of carbonyl (C=O) groups excluding carboxylic acids is 1. The van der Waals surface area contributed by atoms with E-state index in [2.05, 4.69) is 10.0 Å². The number of rotatable bonds is 8. The van der Waals surface area contributed by atoms with Crippen LogP contribution in [0, 0.1) is 0 Å². The largest absolute Gasteiger partial charge is 0.495 e. The number of halogens is 1. The zero-order chi connectivity index (χ0) is 22.4. The van der Waals surface area contributed by atoms with Crippen molar-refractivity contribution in [1.82, 2.24) is 4.72 Å². The molecule has 9 heteroatoms. The van der Waals surface area contributed by atoms with Gasteiger partial charge in [-0.15, -0.1) is 0 Å². The fourth-order valence-corrected chi connectivity index (χ4v) is 4.11. The van der Waals surface area contributed by atoms with Crippen LogP contribution in [0.1, 0.15) is 15.9 Å². The van der Waals surface area contributed by atoms with Gasteiger partial charge in [-0.3, -0.25) is 4.79 Å². The molecule has 0 saturated heterocycles. The Morgan fingerprint density at radius 2 is 1.65 bits per heavy atom. The minimum absolute atomic E-state index is 0.0169. The van der Waals surface area contributed by atoms with E-state index in [-0.39, 0.29) is 17.0 Å². The third-order valence-electron chi connectivity index (χ3n) is 4.44. The molecule has 0 aliphatic heterocycles. The fraction of sp³-hybridized carbons (Fsp3) is 0.136. The van der Waals surface area contributed by atoms with Crippen LogP contribution in [0.3, 0.4) is 0 Å². The number of methoxy groups -OCH3 is 2. The third-order valence-corrected chi connectivity index (χ3v) is 6.13. The zero-order valence-electron chi connectivity index (χ0n) is 16.9. The maximum Gasteiger partial charge on any atom is 0.255 e. The van der Waals surface area contributed by atoms with E-state index in [1.165, 1.54) is 50.6 Å². The summed E-state index contributed by atoms with van der Waals surface area (Å²) in [5.74, 6) is 0.189. The molecule has 0 bridgehead atoms. The number of hydrogen-bond donors (Lipinski definition) is 2. The monoisotopic (exact) mass is 460 g/mol. The number of amides is 1. The average Bonchev–Trinajstić information content (AvgIpc) is 2.79. The standard InChI is InChI=1S/C22H21ClN2O5S/c1-29-20-13-19(21(30-2)12-18(20)23)25-22(26)16-9-6-10-17(11-16)31(27,28)24-14-15-7-4-3-5-8-15/h3-13,24H,14H2,1-2H3,(H,25,26). The van der Waals surface area contributed by atoms with Crippen LogP contribution in [0.4, 0.5) is 5.69 Å². The number of anilines is 1. The van der Waals surface area contributed by atoms with Crippen molar-refractivity contribution in [1.29, 1.82) is 0 Å². The van der Waals surface area contributed by atoms with Crippen molar-refractivity contribution in [2.24, 2.45) is 0 Å². The summed E-state index contributed by atoms with van der Waals surface area (Å²) in [5.41, 5.74) is 1.33. The number of ether oxygens (including phenoxy) is 2. The van der Waals surface area contributed by atoms with E-state index in [1.54, 1.807) is 0 Å². The summed E-state index contributed by atoms with van der Waals surface area (Å²) in [6.07, 6.45) is 0. The van der Waals surface area contributed by atoms with Crippen molar-refractivity contribution in [2.45, 2.75) is 11.4 Å². The Morgan fingerprint density at radius 3 is 2.32 bits per heavy atom. The van der Waals surface area contributed by atoms with Crippen LogP contribution < -0.4 is 19.5 Å². The van der Waals surface area contributed by atoms with E-state index in [0.717, 1.165) is 5.56 Å². The van der Waals surface area contributed by atoms with Gasteiger partial charge in [0.05, 0.1) is 29.8 Å². The van der Waals surface area contributed by atoms with Crippen LogP contribution >= 0.6 is 11.6 Å². The van der Waals surface area contributed by atoms with E-state index >= 15 is 0 Å². The van der Waals surface area contributed by atoms with Crippen molar-refractivity contribution in [3.05, 3.63) is 82.9 Å². The molecule has 0 fully saturated rings. The Balaban J connectivity index is 1.80. The van der Waals surface area contributed by atoms with Crippen molar-refractivity contribution < 1.29 is 22.7 Å². The predicted molar refractivity (Wildman–Crippen MR) is 119 cm³/mol. The molecule has 31 heavy (non-hydrogen) atoms. The van der Waals surface area contributed by atoms with E-state index in [4.69, 9.17) is 21.1 Å². The van der Waals surface area contributed by atoms with Gasteiger partial charge in [0.15, 0.2) is 0 Å². The van der Waals surface area contributed by atoms with Crippen LogP contribution in [0.15, 0.2) is 71.6 Å². The summed E-state index contributed by atoms with van der Waals surface area (Å²) in [6, 6.07) is 18.0. The Hall–Kier alpha value is -3.07. The Morgan fingerprint density at radius 1 is 0.935 bits per heavy atom. The lowest BCUT2D eigenvalue weighted by atomic mass is 10.2. The van der Waals surface area contributed by atoms with Crippen molar-refractivity contribution in [3.63, 3.8) is 0 Å². The molecule has 7 nitrogen and oxygen atoms in total. The molecule has 0 saturated carbocycles. The first kappa shape index (κ1) is 22.6. The van der Waals surface area contributed by atoms with Gasteiger partial charge >= 0.3 is 0 Å². The molecular formula is C22H21ClN2O5S. The topological polar surface area (TPSA) is 93.7 Å². The lowest BCUT2D eigenvalue weighted by Gasteiger charge is -2.13. The van der Waals surface area contributed by atoms with Crippen molar-refractivity contribution in [2.75, 3.05) is 19.5 Å². The second-order valence-corrected chi connectivity index (χ2v) is 8.65. The van der Waals surface area contributed by atoms with Gasteiger partial charge in [-0.2, -0.15) is 0 Å². The van der Waals surface area contributed by atoms with Gasteiger partial charge in [0.2, 0.25) is 10.0 Å². The van der Waals surface area contributed by atoms with Gasteiger partial charge in [0.1, 0.15) is 11.5 Å². The van der Waals surface area contributed by atoms with Crippen LogP contribution in [-0.4, -0.2) is 28.5 Å². The minimum Gasteiger partial charge on any atom is -0.495 e. The normalized spacial score (nSPS) is 11.1. The molecule has 0 spiro atoms. The molecule has 1 amide bonds. The highest BCUT2D eigenvalue weighted by Crippen LogP contribution is 2.36. The molecular weight excluding hydrogens is 440 g/mol. The summed E-state index contributed by atoms with van der Waals surface area (Å²) in [6.45, 7) is 0.140. The van der Waals surface area contributed by atoms with Crippen LogP contribution in [0.25, 0.3) is 0 Å². The number of nitrogens with one attached hydrogen (secondary N) is 2. The summed E-state index contributed by atoms with van der Waals surface area (Å²) < 4.78 is 38.3. The Bertz CT molecular complexity index is 1180. The number of benzene rings is 3. The lowest BCUT2D eigenvalue weighted by Crippen LogP contribution is -2.23. The SMILES string of the molecule is COc1cc(NC(=O)c2cccc(S(=O)(=O)NCc3ccccc3)c2)c(OC)cc1Cl. The van der Waals surface area contributed by atoms with Gasteiger partial charge in [-0.05, 0) is 23.8 Å². The molecule has 162 valence electrons. The van der Waals surface area contributed by atoms with E-state index < -0.39 is 15.9 Å². The Labute approximate surface area is 186 Å². The van der Waals surface area contributed by atoms with E-state index in [9.17, 15) is 13.2 Å². The highest BCUT2D eigenvalue weighted by molar-refractivity contribution is 7.89. The zero-order valence-corrected chi connectivity index (χ0v) is 18.5. The van der Waals surface area contributed by atoms with Gasteiger partial charge in [0, 0.05) is 24.2 Å². The maximum atomic E-state index is 12.8. The molecule has 3 rings (SSSR count). The second-order valence-electron chi connectivity index (χ2n) is 6.48. The smallest absolute Gasteiger partial charge is 0.255 e. The van der Waals surface area contributed by atoms with Gasteiger partial charge in [-0.25, -0.2) is 13.1 Å². The molecule has 3 aromatic rings. The van der Waals surface area contributed by atoms with E-state index in [0.29, 0.717) is 22.2 Å². The minimum atomic E-state index is -3.81. The Kier molecular flexibility index (Phi) is 7.17. The van der Waals surface area contributed by atoms with Gasteiger partial charge in [0.25, 0.3) is 5.91 Å². The molecule has 0 atom stereocenters. The van der Waals surface area contributed by atoms with Crippen LogP contribution in [-0.2, 0) is 16.6 Å². The first-order chi connectivity index (χ1) is 14.8. The number of carbonyl (C=O) groups is 1. The van der Waals surface area contributed by atoms with E-state index in [1.807, 2.05) is 30.3 Å². The summed E-state index contributed by atoms with van der Waals surface area (Å²) in [7, 11) is -0.910. The molecule has 0 aliphatic rings. The van der Waals surface area contributed by atoms with Crippen molar-refractivity contribution >= 4 is 33.2 Å². The average molecular weight is 461 g/mol. The molecule has 0 aromatic heterocycles. The molecule has 0 radical (unpaired) electrons. The predicted octanol–water partition coefficient (Wildman–Crippen LogP) is 4.09. The number of hydrogen-bond acceptors (Lipinski definition) is 5. The summed E-state index contributed by atoms with van der Waals surface area (Å²) >= 11 is 6.09. The highest BCUT2D eigenvalue weighted by Gasteiger charge is 2.18. The lowest BCUT2D eigenvalue weighted by molar-refractivity contribution is 0.102. The maximum absolute atomic E-state index is 12.8. The fourth-order valence-electron chi connectivity index (χ4n) is 2.81. The second kappa shape index (κ2) is 9.82. The molecule has 3 aromatic carbocycles. The third kappa shape index (κ3) is 5.55. The summed E-state index contributed by atoms with van der Waals surface area (Å²) in [4.78, 5) is 12.8. The first-order valence-electron chi connectivity index (χ1n) is 9.20. The van der Waals surface area contributed by atoms with Gasteiger partial charge in [-0.1, -0.05) is 48.0 Å². The van der Waals surface area contributed by atoms with Crippen molar-refractivity contribution in [3.8, 4) is 11.5 Å². The van der Waals surface area contributed by atoms with Gasteiger partial charge < -0.3 is 14.8 Å². The highest BCUT2D eigenvalue weighted by atomic mass is 35.5. The molecule has 0 heterocycles. The first-order valence-corrected chi connectivity index (χ1v) is 11.1. The molecule has 0 aliphatic carbocycles. The molecule has 0 unspecified atom stereocenters. The quantitative estimate of drug-likeness (QED) is 0.528. The van der Waals surface area contributed by atoms with Crippen LogP contribution in [0.2, 0.25) is 5.02 Å².